The van der Waals surface area contributed by atoms with Crippen molar-refractivity contribution in [3.05, 3.63) is 58.9 Å². The minimum atomic E-state index is -3.63. The van der Waals surface area contributed by atoms with Gasteiger partial charge in [-0.1, -0.05) is 6.07 Å². The van der Waals surface area contributed by atoms with Gasteiger partial charge < -0.3 is 5.11 Å². The Balaban J connectivity index is 2.52. The highest BCUT2D eigenvalue weighted by atomic mass is 32.2. The molecule has 0 bridgehead atoms. The summed E-state index contributed by atoms with van der Waals surface area (Å²) in [7, 11) is -3.63. The lowest BCUT2D eigenvalue weighted by molar-refractivity contribution is 0.0696. The molecule has 0 aliphatic heterocycles. The average molecular weight is 305 g/mol. The molecule has 0 radical (unpaired) electrons. The number of aromatic nitrogens is 1. The van der Waals surface area contributed by atoms with E-state index in [0.29, 0.717) is 16.7 Å². The first-order valence-corrected chi connectivity index (χ1v) is 7.92. The van der Waals surface area contributed by atoms with E-state index < -0.39 is 15.8 Å². The zero-order chi connectivity index (χ0) is 15.6. The molecule has 0 amide bonds. The Morgan fingerprint density at radius 1 is 1.29 bits per heavy atom. The molecule has 110 valence electrons. The number of hydrogen-bond acceptors (Lipinski definition) is 4. The number of hydrogen-bond donors (Lipinski definition) is 1. The summed E-state index contributed by atoms with van der Waals surface area (Å²) in [5.41, 5.74) is 1.75. The Morgan fingerprint density at radius 3 is 2.57 bits per heavy atom. The number of sulfone groups is 1. The fourth-order valence-electron chi connectivity index (χ4n) is 2.05. The first-order valence-electron chi connectivity index (χ1n) is 6.27. The highest BCUT2D eigenvalue weighted by Crippen LogP contribution is 2.24. The van der Waals surface area contributed by atoms with Gasteiger partial charge in [0.25, 0.3) is 0 Å². The summed E-state index contributed by atoms with van der Waals surface area (Å²) in [5.74, 6) is -1.35. The molecule has 5 nitrogen and oxygen atoms in total. The molecule has 1 N–H and O–H groups in total. The van der Waals surface area contributed by atoms with Crippen molar-refractivity contribution in [1.29, 1.82) is 0 Å². The third-order valence-electron chi connectivity index (χ3n) is 3.28. The summed E-state index contributed by atoms with van der Waals surface area (Å²) in [6.07, 6.45) is 3.05. The zero-order valence-corrected chi connectivity index (χ0v) is 12.5. The smallest absolute Gasteiger partial charge is 0.335 e. The first kappa shape index (κ1) is 15.2. The van der Waals surface area contributed by atoms with E-state index in [1.54, 1.807) is 32.2 Å². The Labute approximate surface area is 123 Å². The lowest BCUT2D eigenvalue weighted by Gasteiger charge is -2.11. The van der Waals surface area contributed by atoms with Crippen molar-refractivity contribution in [2.24, 2.45) is 0 Å². The van der Waals surface area contributed by atoms with Gasteiger partial charge in [0, 0.05) is 12.4 Å². The number of carboxylic acid groups (broad SMARTS) is 1. The predicted molar refractivity (Wildman–Crippen MR) is 78.0 cm³/mol. The molecule has 21 heavy (non-hydrogen) atoms. The van der Waals surface area contributed by atoms with Crippen molar-refractivity contribution in [3.63, 3.8) is 0 Å². The fraction of sp³-hybridized carbons (Fsp3) is 0.200. The SMILES string of the molecule is Cc1cc(C(=O)O)cc(S(=O)(=O)Cc2cccnc2)c1C. The normalized spacial score (nSPS) is 11.3. The first-order chi connectivity index (χ1) is 9.81. The van der Waals surface area contributed by atoms with Gasteiger partial charge in [-0.2, -0.15) is 0 Å². The Morgan fingerprint density at radius 2 is 2.00 bits per heavy atom. The second kappa shape index (κ2) is 5.65. The summed E-state index contributed by atoms with van der Waals surface area (Å²) < 4.78 is 25.1. The van der Waals surface area contributed by atoms with Crippen molar-refractivity contribution in [2.45, 2.75) is 24.5 Å². The number of rotatable bonds is 4. The highest BCUT2D eigenvalue weighted by Gasteiger charge is 2.21. The number of nitrogens with zero attached hydrogens (tertiary/aromatic N) is 1. The van der Waals surface area contributed by atoms with Gasteiger partial charge in [-0.3, -0.25) is 4.98 Å². The van der Waals surface area contributed by atoms with Crippen molar-refractivity contribution >= 4 is 15.8 Å². The maximum atomic E-state index is 12.5. The van der Waals surface area contributed by atoms with E-state index in [4.69, 9.17) is 5.11 Å². The third-order valence-corrected chi connectivity index (χ3v) is 5.09. The van der Waals surface area contributed by atoms with Crippen LogP contribution in [0.3, 0.4) is 0 Å². The Bertz CT molecular complexity index is 783. The van der Waals surface area contributed by atoms with Gasteiger partial charge >= 0.3 is 5.97 Å². The molecule has 6 heteroatoms. The predicted octanol–water partition coefficient (Wildman–Crippen LogP) is 2.37. The molecule has 0 saturated carbocycles. The molecular weight excluding hydrogens is 290 g/mol. The van der Waals surface area contributed by atoms with Crippen molar-refractivity contribution in [3.8, 4) is 0 Å². The Hall–Kier alpha value is -2.21. The molecule has 1 aromatic carbocycles. The standard InChI is InChI=1S/C15H15NO4S/c1-10-6-13(15(17)18)7-14(11(10)2)21(19,20)9-12-4-3-5-16-8-12/h3-8H,9H2,1-2H3,(H,17,18). The van der Waals surface area contributed by atoms with Crippen LogP contribution in [0, 0.1) is 13.8 Å². The van der Waals surface area contributed by atoms with E-state index in [-0.39, 0.29) is 16.2 Å². The molecular formula is C15H15NO4S. The van der Waals surface area contributed by atoms with Crippen LogP contribution >= 0.6 is 0 Å². The number of aryl methyl sites for hydroxylation is 1. The van der Waals surface area contributed by atoms with Crippen LogP contribution in [0.25, 0.3) is 0 Å². The summed E-state index contributed by atoms with van der Waals surface area (Å²) in [5, 5.41) is 9.08. The van der Waals surface area contributed by atoms with Gasteiger partial charge in [0.05, 0.1) is 16.2 Å². The minimum Gasteiger partial charge on any atom is -0.478 e. The molecule has 2 aromatic rings. The highest BCUT2D eigenvalue weighted by molar-refractivity contribution is 7.90. The van der Waals surface area contributed by atoms with Gasteiger partial charge in [0.1, 0.15) is 0 Å². The van der Waals surface area contributed by atoms with Gasteiger partial charge in [0.2, 0.25) is 0 Å². The molecule has 1 heterocycles. The van der Waals surface area contributed by atoms with Gasteiger partial charge in [-0.05, 0) is 48.7 Å². The molecule has 0 spiro atoms. The fourth-order valence-corrected chi connectivity index (χ4v) is 3.75. The molecule has 0 atom stereocenters. The van der Waals surface area contributed by atoms with Crippen LogP contribution in [0.5, 0.6) is 0 Å². The van der Waals surface area contributed by atoms with E-state index >= 15 is 0 Å². The van der Waals surface area contributed by atoms with Gasteiger partial charge in [-0.15, -0.1) is 0 Å². The number of carboxylic acids is 1. The van der Waals surface area contributed by atoms with Crippen molar-refractivity contribution in [1.82, 2.24) is 4.98 Å². The maximum Gasteiger partial charge on any atom is 0.335 e. The minimum absolute atomic E-state index is 0.0251. The topological polar surface area (TPSA) is 84.3 Å². The average Bonchev–Trinajstić information content (AvgIpc) is 2.41. The van der Waals surface area contributed by atoms with E-state index in [9.17, 15) is 13.2 Å². The number of pyridine rings is 1. The second-order valence-corrected chi connectivity index (χ2v) is 6.80. The molecule has 2 rings (SSSR count). The summed E-state index contributed by atoms with van der Waals surface area (Å²) in [6.45, 7) is 3.38. The number of benzene rings is 1. The molecule has 0 unspecified atom stereocenters. The molecule has 0 aliphatic carbocycles. The molecule has 0 saturated heterocycles. The van der Waals surface area contributed by atoms with Crippen LogP contribution in [-0.2, 0) is 15.6 Å². The number of carbonyl (C=O) groups is 1. The van der Waals surface area contributed by atoms with Crippen LogP contribution < -0.4 is 0 Å². The summed E-state index contributed by atoms with van der Waals surface area (Å²) in [4.78, 5) is 15.0. The van der Waals surface area contributed by atoms with E-state index in [1.807, 2.05) is 0 Å². The maximum absolute atomic E-state index is 12.5. The van der Waals surface area contributed by atoms with E-state index in [1.165, 1.54) is 18.3 Å². The van der Waals surface area contributed by atoms with Gasteiger partial charge in [0.15, 0.2) is 9.84 Å². The monoisotopic (exact) mass is 305 g/mol. The Kier molecular flexibility index (Phi) is 4.09. The summed E-state index contributed by atoms with van der Waals surface area (Å²) in [6, 6.07) is 6.03. The van der Waals surface area contributed by atoms with Crippen LogP contribution in [0.1, 0.15) is 27.0 Å². The van der Waals surface area contributed by atoms with Crippen molar-refractivity contribution in [2.75, 3.05) is 0 Å². The van der Waals surface area contributed by atoms with Crippen LogP contribution in [0.2, 0.25) is 0 Å². The van der Waals surface area contributed by atoms with Crippen LogP contribution in [0.4, 0.5) is 0 Å². The number of aromatic carboxylic acids is 1. The van der Waals surface area contributed by atoms with E-state index in [2.05, 4.69) is 4.98 Å². The lowest BCUT2D eigenvalue weighted by atomic mass is 10.1. The molecule has 0 fully saturated rings. The zero-order valence-electron chi connectivity index (χ0n) is 11.7. The largest absolute Gasteiger partial charge is 0.478 e. The van der Waals surface area contributed by atoms with Crippen LogP contribution in [-0.4, -0.2) is 24.5 Å². The van der Waals surface area contributed by atoms with Crippen molar-refractivity contribution < 1.29 is 18.3 Å². The summed E-state index contributed by atoms with van der Waals surface area (Å²) >= 11 is 0. The molecule has 1 aromatic heterocycles. The lowest BCUT2D eigenvalue weighted by Crippen LogP contribution is -2.10. The third kappa shape index (κ3) is 3.28. The van der Waals surface area contributed by atoms with E-state index in [0.717, 1.165) is 0 Å². The van der Waals surface area contributed by atoms with Gasteiger partial charge in [-0.25, -0.2) is 13.2 Å². The molecule has 0 aliphatic rings. The van der Waals surface area contributed by atoms with Crippen LogP contribution in [0.15, 0.2) is 41.6 Å². The quantitative estimate of drug-likeness (QED) is 0.937. The second-order valence-electron chi connectivity index (χ2n) is 4.84.